The summed E-state index contributed by atoms with van der Waals surface area (Å²) in [6.45, 7) is 2.51. The van der Waals surface area contributed by atoms with E-state index in [0.29, 0.717) is 23.0 Å². The third kappa shape index (κ3) is 4.45. The number of aromatic nitrogens is 1. The fourth-order valence-electron chi connectivity index (χ4n) is 1.96. The number of benzene rings is 1. The topological polar surface area (TPSA) is 80.3 Å². The highest BCUT2D eigenvalue weighted by atomic mass is 35.5. The first-order valence-electron chi connectivity index (χ1n) is 7.45. The second kappa shape index (κ2) is 8.31. The molecule has 0 radical (unpaired) electrons. The summed E-state index contributed by atoms with van der Waals surface area (Å²) in [6, 6.07) is 9.61. The Labute approximate surface area is 145 Å². The normalized spacial score (nSPS) is 10.1. The first-order valence-corrected chi connectivity index (χ1v) is 7.83. The van der Waals surface area contributed by atoms with Gasteiger partial charge < -0.3 is 15.4 Å². The number of pyridine rings is 1. The van der Waals surface area contributed by atoms with Crippen molar-refractivity contribution in [3.8, 4) is 5.75 Å². The van der Waals surface area contributed by atoms with Crippen LogP contribution in [0.2, 0.25) is 5.02 Å². The molecule has 0 fully saturated rings. The van der Waals surface area contributed by atoms with Crippen LogP contribution in [0.5, 0.6) is 5.75 Å². The number of nitrogens with one attached hydrogen (secondary N) is 2. The van der Waals surface area contributed by atoms with E-state index in [4.69, 9.17) is 16.3 Å². The lowest BCUT2D eigenvalue weighted by Crippen LogP contribution is -2.26. The first kappa shape index (κ1) is 17.7. The van der Waals surface area contributed by atoms with Gasteiger partial charge in [-0.15, -0.1) is 0 Å². The lowest BCUT2D eigenvalue weighted by molar-refractivity contribution is 0.0948. The summed E-state index contributed by atoms with van der Waals surface area (Å²) in [5.74, 6) is -0.220. The molecule has 2 aromatic rings. The molecular formula is C17H18ClN3O3. The summed E-state index contributed by atoms with van der Waals surface area (Å²) in [4.78, 5) is 28.3. The van der Waals surface area contributed by atoms with Gasteiger partial charge in [0.05, 0.1) is 12.1 Å². The number of hydrogen-bond donors (Lipinski definition) is 2. The van der Waals surface area contributed by atoms with Crippen LogP contribution in [-0.2, 0) is 0 Å². The minimum absolute atomic E-state index is 0.145. The van der Waals surface area contributed by atoms with Gasteiger partial charge >= 0.3 is 0 Å². The molecule has 0 saturated carbocycles. The van der Waals surface area contributed by atoms with Gasteiger partial charge in [0.25, 0.3) is 11.8 Å². The molecule has 24 heavy (non-hydrogen) atoms. The quantitative estimate of drug-likeness (QED) is 0.841. The fraction of sp³-hybridized carbons (Fsp3) is 0.235. The molecule has 0 aliphatic heterocycles. The van der Waals surface area contributed by atoms with Crippen molar-refractivity contribution < 1.29 is 14.3 Å². The van der Waals surface area contributed by atoms with Crippen LogP contribution in [0.15, 0.2) is 36.4 Å². The molecule has 2 amide bonds. The largest absolute Gasteiger partial charge is 0.495 e. The Bertz CT molecular complexity index is 750. The number of anilines is 1. The molecule has 0 aliphatic rings. The van der Waals surface area contributed by atoms with Crippen molar-refractivity contribution in [1.29, 1.82) is 0 Å². The zero-order valence-electron chi connectivity index (χ0n) is 13.4. The maximum absolute atomic E-state index is 12.3. The highest BCUT2D eigenvalue weighted by Gasteiger charge is 2.13. The highest BCUT2D eigenvalue weighted by Crippen LogP contribution is 2.27. The molecular weight excluding hydrogens is 330 g/mol. The smallest absolute Gasteiger partial charge is 0.274 e. The standard InChI is InChI=1S/C17H18ClN3O3/c1-3-9-19-16(22)13-5-4-6-14(21-13)17(23)20-11-7-8-15(24-2)12(18)10-11/h4-8,10H,3,9H2,1-2H3,(H,19,22)(H,20,23). The summed E-state index contributed by atoms with van der Waals surface area (Å²) < 4.78 is 5.06. The van der Waals surface area contributed by atoms with Crippen molar-refractivity contribution in [3.63, 3.8) is 0 Å². The molecule has 0 aliphatic carbocycles. The van der Waals surface area contributed by atoms with Gasteiger partial charge in [-0.05, 0) is 36.8 Å². The molecule has 0 atom stereocenters. The maximum atomic E-state index is 12.3. The lowest BCUT2D eigenvalue weighted by atomic mass is 10.2. The van der Waals surface area contributed by atoms with Crippen molar-refractivity contribution in [2.24, 2.45) is 0 Å². The Morgan fingerprint density at radius 3 is 2.50 bits per heavy atom. The van der Waals surface area contributed by atoms with Gasteiger partial charge in [-0.25, -0.2) is 4.98 Å². The van der Waals surface area contributed by atoms with Crippen LogP contribution in [0.4, 0.5) is 5.69 Å². The molecule has 2 rings (SSSR count). The van der Waals surface area contributed by atoms with Gasteiger partial charge in [-0.2, -0.15) is 0 Å². The maximum Gasteiger partial charge on any atom is 0.274 e. The molecule has 6 nitrogen and oxygen atoms in total. The van der Waals surface area contributed by atoms with Gasteiger partial charge in [0.15, 0.2) is 0 Å². The van der Waals surface area contributed by atoms with E-state index in [1.165, 1.54) is 13.2 Å². The van der Waals surface area contributed by atoms with Crippen molar-refractivity contribution in [2.45, 2.75) is 13.3 Å². The van der Waals surface area contributed by atoms with E-state index in [-0.39, 0.29) is 17.3 Å². The Morgan fingerprint density at radius 2 is 1.88 bits per heavy atom. The number of nitrogens with zero attached hydrogens (tertiary/aromatic N) is 1. The number of rotatable bonds is 6. The number of halogens is 1. The summed E-state index contributed by atoms with van der Waals surface area (Å²) >= 11 is 6.03. The van der Waals surface area contributed by atoms with E-state index in [9.17, 15) is 9.59 Å². The molecule has 1 heterocycles. The number of ether oxygens (including phenoxy) is 1. The van der Waals surface area contributed by atoms with Gasteiger partial charge in [-0.3, -0.25) is 9.59 Å². The van der Waals surface area contributed by atoms with Crippen molar-refractivity contribution in [3.05, 3.63) is 52.8 Å². The zero-order valence-corrected chi connectivity index (χ0v) is 14.2. The van der Waals surface area contributed by atoms with Crippen LogP contribution < -0.4 is 15.4 Å². The minimum Gasteiger partial charge on any atom is -0.495 e. The number of carbonyl (C=O) groups excluding carboxylic acids is 2. The summed E-state index contributed by atoms with van der Waals surface area (Å²) in [5, 5.41) is 5.79. The number of methoxy groups -OCH3 is 1. The molecule has 7 heteroatoms. The summed E-state index contributed by atoms with van der Waals surface area (Å²) in [7, 11) is 1.51. The van der Waals surface area contributed by atoms with E-state index in [2.05, 4.69) is 15.6 Å². The average Bonchev–Trinajstić information content (AvgIpc) is 2.60. The van der Waals surface area contributed by atoms with Crippen LogP contribution >= 0.6 is 11.6 Å². The Hall–Kier alpha value is -2.60. The van der Waals surface area contributed by atoms with E-state index < -0.39 is 5.91 Å². The van der Waals surface area contributed by atoms with Gasteiger partial charge in [-0.1, -0.05) is 24.6 Å². The van der Waals surface area contributed by atoms with Crippen LogP contribution in [0.1, 0.15) is 34.3 Å². The fourth-order valence-corrected chi connectivity index (χ4v) is 2.21. The first-order chi connectivity index (χ1) is 11.5. The third-order valence-corrected chi connectivity index (χ3v) is 3.45. The molecule has 0 saturated heterocycles. The van der Waals surface area contributed by atoms with Crippen molar-refractivity contribution in [1.82, 2.24) is 10.3 Å². The Balaban J connectivity index is 2.12. The second-order valence-electron chi connectivity index (χ2n) is 4.97. The SMILES string of the molecule is CCCNC(=O)c1cccc(C(=O)Nc2ccc(OC)c(Cl)c2)n1. The van der Waals surface area contributed by atoms with Crippen molar-refractivity contribution >= 4 is 29.1 Å². The van der Waals surface area contributed by atoms with Gasteiger partial charge in [0, 0.05) is 12.2 Å². The Kier molecular flexibility index (Phi) is 6.14. The molecule has 0 unspecified atom stereocenters. The highest BCUT2D eigenvalue weighted by molar-refractivity contribution is 6.32. The molecule has 126 valence electrons. The molecule has 1 aromatic carbocycles. The zero-order chi connectivity index (χ0) is 17.5. The second-order valence-corrected chi connectivity index (χ2v) is 5.37. The predicted molar refractivity (Wildman–Crippen MR) is 92.8 cm³/mol. The average molecular weight is 348 g/mol. The Morgan fingerprint density at radius 1 is 1.17 bits per heavy atom. The third-order valence-electron chi connectivity index (χ3n) is 3.16. The predicted octanol–water partition coefficient (Wildman–Crippen LogP) is 3.14. The molecule has 2 N–H and O–H groups in total. The number of carbonyl (C=O) groups is 2. The van der Waals surface area contributed by atoms with E-state index in [1.54, 1.807) is 30.3 Å². The lowest BCUT2D eigenvalue weighted by Gasteiger charge is -2.08. The van der Waals surface area contributed by atoms with Crippen LogP contribution in [0, 0.1) is 0 Å². The summed E-state index contributed by atoms with van der Waals surface area (Å²) in [5.41, 5.74) is 0.850. The number of amides is 2. The van der Waals surface area contributed by atoms with Crippen molar-refractivity contribution in [2.75, 3.05) is 19.0 Å². The van der Waals surface area contributed by atoms with Crippen LogP contribution in [0.25, 0.3) is 0 Å². The monoisotopic (exact) mass is 347 g/mol. The molecule has 0 bridgehead atoms. The van der Waals surface area contributed by atoms with E-state index >= 15 is 0 Å². The minimum atomic E-state index is -0.429. The summed E-state index contributed by atoms with van der Waals surface area (Å²) in [6.07, 6.45) is 0.824. The van der Waals surface area contributed by atoms with Gasteiger partial charge in [0.2, 0.25) is 0 Å². The molecule has 0 spiro atoms. The van der Waals surface area contributed by atoms with Crippen LogP contribution in [-0.4, -0.2) is 30.5 Å². The van der Waals surface area contributed by atoms with Crippen LogP contribution in [0.3, 0.4) is 0 Å². The van der Waals surface area contributed by atoms with Gasteiger partial charge in [0.1, 0.15) is 17.1 Å². The van der Waals surface area contributed by atoms with E-state index in [1.807, 2.05) is 6.92 Å². The number of hydrogen-bond acceptors (Lipinski definition) is 4. The molecule has 1 aromatic heterocycles. The van der Waals surface area contributed by atoms with E-state index in [0.717, 1.165) is 6.42 Å².